The van der Waals surface area contributed by atoms with Gasteiger partial charge in [0.15, 0.2) is 0 Å². The second kappa shape index (κ2) is 10.2. The summed E-state index contributed by atoms with van der Waals surface area (Å²) in [5.41, 5.74) is 3.08. The lowest BCUT2D eigenvalue weighted by molar-refractivity contribution is 0.0693. The second-order valence-corrected chi connectivity index (χ2v) is 8.16. The van der Waals surface area contributed by atoms with Crippen LogP contribution in [-0.4, -0.2) is 35.8 Å². The van der Waals surface area contributed by atoms with E-state index >= 15 is 0 Å². The van der Waals surface area contributed by atoms with Gasteiger partial charge in [-0.25, -0.2) is 4.39 Å². The van der Waals surface area contributed by atoms with E-state index in [0.717, 1.165) is 18.4 Å². The van der Waals surface area contributed by atoms with E-state index in [2.05, 4.69) is 17.4 Å². The van der Waals surface area contributed by atoms with E-state index in [-0.39, 0.29) is 23.4 Å². The molecule has 1 fully saturated rings. The van der Waals surface area contributed by atoms with Crippen LogP contribution in [0.3, 0.4) is 0 Å². The zero-order valence-electron chi connectivity index (χ0n) is 18.0. The van der Waals surface area contributed by atoms with Crippen molar-refractivity contribution in [1.29, 1.82) is 0 Å². The highest BCUT2D eigenvalue weighted by Gasteiger charge is 2.26. The average Bonchev–Trinajstić information content (AvgIpc) is 2.84. The van der Waals surface area contributed by atoms with Crippen molar-refractivity contribution in [3.63, 3.8) is 0 Å². The average molecular weight is 431 g/mol. The summed E-state index contributed by atoms with van der Waals surface area (Å²) < 4.78 is 13.9. The van der Waals surface area contributed by atoms with Crippen LogP contribution in [0.5, 0.6) is 0 Å². The Balaban J connectivity index is 1.33. The summed E-state index contributed by atoms with van der Waals surface area (Å²) in [5.74, 6) is -0.869. The predicted octanol–water partition coefficient (Wildman–Crippen LogP) is 4.65. The zero-order valence-corrected chi connectivity index (χ0v) is 18.0. The molecule has 1 aliphatic rings. The van der Waals surface area contributed by atoms with Crippen molar-refractivity contribution in [2.24, 2.45) is 0 Å². The highest BCUT2D eigenvalue weighted by molar-refractivity contribution is 5.96. The van der Waals surface area contributed by atoms with Crippen molar-refractivity contribution in [2.75, 3.05) is 13.1 Å². The molecule has 0 unspecified atom stereocenters. The molecule has 1 heterocycles. The number of aryl methyl sites for hydroxylation is 2. The summed E-state index contributed by atoms with van der Waals surface area (Å²) in [7, 11) is 0. The number of hydrogen-bond acceptors (Lipinski definition) is 2. The van der Waals surface area contributed by atoms with Crippen molar-refractivity contribution < 1.29 is 14.0 Å². The molecule has 4 rings (SSSR count). The smallest absolute Gasteiger partial charge is 0.256 e. The third kappa shape index (κ3) is 5.22. The standard InChI is InChI=1S/C27H27FN2O2/c28-25-13-7-6-12-24(25)27(32)30-18-16-22(17-19-30)29-26(31)23-11-5-4-10-21(23)15-14-20-8-2-1-3-9-20/h1-13,22H,14-19H2,(H,29,31). The van der Waals surface area contributed by atoms with Crippen LogP contribution in [0.15, 0.2) is 78.9 Å². The number of amides is 2. The Bertz CT molecular complexity index is 1080. The third-order valence-electron chi connectivity index (χ3n) is 6.01. The first-order valence-corrected chi connectivity index (χ1v) is 11.1. The first-order valence-electron chi connectivity index (χ1n) is 11.1. The Hall–Kier alpha value is -3.47. The molecule has 3 aromatic rings. The fourth-order valence-electron chi connectivity index (χ4n) is 4.18. The minimum atomic E-state index is -0.500. The van der Waals surface area contributed by atoms with Crippen molar-refractivity contribution in [1.82, 2.24) is 10.2 Å². The van der Waals surface area contributed by atoms with Gasteiger partial charge >= 0.3 is 0 Å². The predicted molar refractivity (Wildman–Crippen MR) is 123 cm³/mol. The van der Waals surface area contributed by atoms with Crippen LogP contribution in [0.2, 0.25) is 0 Å². The van der Waals surface area contributed by atoms with Crippen molar-refractivity contribution in [3.8, 4) is 0 Å². The molecule has 1 saturated heterocycles. The summed E-state index contributed by atoms with van der Waals surface area (Å²) in [5, 5.41) is 3.13. The molecule has 5 heteroatoms. The molecule has 1 aliphatic heterocycles. The fraction of sp³-hybridized carbons (Fsp3) is 0.259. The number of likely N-dealkylation sites (tertiary alicyclic amines) is 1. The molecular formula is C27H27FN2O2. The minimum Gasteiger partial charge on any atom is -0.349 e. The number of benzene rings is 3. The number of carbonyl (C=O) groups excluding carboxylic acids is 2. The molecule has 0 atom stereocenters. The van der Waals surface area contributed by atoms with E-state index in [1.165, 1.54) is 17.7 Å². The summed E-state index contributed by atoms with van der Waals surface area (Å²) in [6.45, 7) is 0.988. The van der Waals surface area contributed by atoms with Gasteiger partial charge in [0.2, 0.25) is 0 Å². The molecular weight excluding hydrogens is 403 g/mol. The van der Waals surface area contributed by atoms with Crippen LogP contribution in [0.4, 0.5) is 4.39 Å². The molecule has 0 bridgehead atoms. The van der Waals surface area contributed by atoms with E-state index < -0.39 is 5.82 Å². The van der Waals surface area contributed by atoms with Gasteiger partial charge in [0.1, 0.15) is 5.82 Å². The quantitative estimate of drug-likeness (QED) is 0.619. The molecule has 2 amide bonds. The molecule has 32 heavy (non-hydrogen) atoms. The Labute approximate surface area is 188 Å². The molecule has 3 aromatic carbocycles. The SMILES string of the molecule is O=C(NC1CCN(C(=O)c2ccccc2F)CC1)c1ccccc1CCc1ccccc1. The van der Waals surface area contributed by atoms with Crippen LogP contribution >= 0.6 is 0 Å². The molecule has 4 nitrogen and oxygen atoms in total. The maximum absolute atomic E-state index is 13.9. The van der Waals surface area contributed by atoms with Gasteiger partial charge in [-0.2, -0.15) is 0 Å². The Morgan fingerprint density at radius 1 is 0.812 bits per heavy atom. The monoisotopic (exact) mass is 430 g/mol. The second-order valence-electron chi connectivity index (χ2n) is 8.16. The molecule has 0 radical (unpaired) electrons. The number of nitrogens with one attached hydrogen (secondary N) is 1. The van der Waals surface area contributed by atoms with Gasteiger partial charge < -0.3 is 10.2 Å². The molecule has 0 aliphatic carbocycles. The first kappa shape index (κ1) is 21.8. The molecule has 1 N–H and O–H groups in total. The first-order chi connectivity index (χ1) is 15.6. The highest BCUT2D eigenvalue weighted by atomic mass is 19.1. The molecule has 0 aromatic heterocycles. The van der Waals surface area contributed by atoms with Crippen LogP contribution in [0.1, 0.15) is 44.7 Å². The number of carbonyl (C=O) groups is 2. The Morgan fingerprint density at radius 3 is 2.16 bits per heavy atom. The summed E-state index contributed by atoms with van der Waals surface area (Å²) in [4.78, 5) is 27.2. The van der Waals surface area contributed by atoms with Crippen molar-refractivity contribution >= 4 is 11.8 Å². The van der Waals surface area contributed by atoms with Gasteiger partial charge in [0.25, 0.3) is 11.8 Å². The van der Waals surface area contributed by atoms with Gasteiger partial charge in [-0.1, -0.05) is 60.7 Å². The third-order valence-corrected chi connectivity index (χ3v) is 6.01. The van der Waals surface area contributed by atoms with Crippen molar-refractivity contribution in [2.45, 2.75) is 31.7 Å². The van der Waals surface area contributed by atoms with Crippen LogP contribution in [0, 0.1) is 5.82 Å². The summed E-state index contributed by atoms with van der Waals surface area (Å²) in [6, 6.07) is 24.0. The number of nitrogens with zero attached hydrogens (tertiary/aromatic N) is 1. The van der Waals surface area contributed by atoms with E-state index in [0.29, 0.717) is 31.5 Å². The molecule has 0 saturated carbocycles. The van der Waals surface area contributed by atoms with E-state index in [1.807, 2.05) is 42.5 Å². The highest BCUT2D eigenvalue weighted by Crippen LogP contribution is 2.18. The van der Waals surface area contributed by atoms with Gasteiger partial charge in [0.05, 0.1) is 5.56 Å². The fourth-order valence-corrected chi connectivity index (χ4v) is 4.18. The zero-order chi connectivity index (χ0) is 22.3. The maximum Gasteiger partial charge on any atom is 0.256 e. The normalized spacial score (nSPS) is 14.2. The van der Waals surface area contributed by atoms with E-state index in [4.69, 9.17) is 0 Å². The topological polar surface area (TPSA) is 49.4 Å². The van der Waals surface area contributed by atoms with E-state index in [9.17, 15) is 14.0 Å². The lowest BCUT2D eigenvalue weighted by Crippen LogP contribution is -2.46. The van der Waals surface area contributed by atoms with Gasteiger partial charge in [0, 0.05) is 24.7 Å². The van der Waals surface area contributed by atoms with Crippen molar-refractivity contribution in [3.05, 3.63) is 107 Å². The van der Waals surface area contributed by atoms with Gasteiger partial charge in [-0.3, -0.25) is 9.59 Å². The Kier molecular flexibility index (Phi) is 6.95. The van der Waals surface area contributed by atoms with Crippen LogP contribution in [0.25, 0.3) is 0 Å². The number of piperidine rings is 1. The summed E-state index contributed by atoms with van der Waals surface area (Å²) in [6.07, 6.45) is 2.97. The number of halogens is 1. The largest absolute Gasteiger partial charge is 0.349 e. The number of hydrogen-bond donors (Lipinski definition) is 1. The number of rotatable bonds is 6. The van der Waals surface area contributed by atoms with Gasteiger partial charge in [-0.05, 0) is 55.0 Å². The molecule has 0 spiro atoms. The maximum atomic E-state index is 13.9. The molecule has 164 valence electrons. The van der Waals surface area contributed by atoms with Gasteiger partial charge in [-0.15, -0.1) is 0 Å². The van der Waals surface area contributed by atoms with Crippen LogP contribution in [-0.2, 0) is 12.8 Å². The lowest BCUT2D eigenvalue weighted by Gasteiger charge is -2.32. The lowest BCUT2D eigenvalue weighted by atomic mass is 9.98. The van der Waals surface area contributed by atoms with Crippen LogP contribution < -0.4 is 5.32 Å². The minimum absolute atomic E-state index is 0.00523. The summed E-state index contributed by atoms with van der Waals surface area (Å²) >= 11 is 0. The Morgan fingerprint density at radius 2 is 1.44 bits per heavy atom. The van der Waals surface area contributed by atoms with E-state index in [1.54, 1.807) is 17.0 Å².